The van der Waals surface area contributed by atoms with Gasteiger partial charge in [-0.1, -0.05) is 184 Å². The minimum atomic E-state index is -0.490. The summed E-state index contributed by atoms with van der Waals surface area (Å²) in [7, 11) is 0. The second-order valence-electron chi connectivity index (χ2n) is 18.4. The van der Waals surface area contributed by atoms with Crippen LogP contribution in [0, 0.1) is 0 Å². The van der Waals surface area contributed by atoms with Gasteiger partial charge in [0.25, 0.3) is 0 Å². The average Bonchev–Trinajstić information content (AvgIpc) is 4.03. The van der Waals surface area contributed by atoms with E-state index in [1.54, 1.807) is 0 Å². The highest BCUT2D eigenvalue weighted by molar-refractivity contribution is 6.16. The van der Waals surface area contributed by atoms with E-state index in [1.165, 1.54) is 72.1 Å². The Morgan fingerprint density at radius 3 is 1.45 bits per heavy atom. The number of rotatable bonds is 4. The molecule has 3 aliphatic carbocycles. The number of hydrogen-bond acceptors (Lipinski definition) is 2. The van der Waals surface area contributed by atoms with E-state index in [1.807, 2.05) is 0 Å². The van der Waals surface area contributed by atoms with Gasteiger partial charge in [-0.05, 0) is 126 Å². The maximum absolute atomic E-state index is 7.25. The normalized spacial score (nSPS) is 14.3. The monoisotopic (exact) mass is 815 g/mol. The molecule has 1 heterocycles. The molecular formula is C62H41NO. The Bertz CT molecular complexity index is 3710. The maximum Gasteiger partial charge on any atom is 0.160 e. The number of furan rings is 1. The Labute approximate surface area is 372 Å². The summed E-state index contributed by atoms with van der Waals surface area (Å²) in [6.07, 6.45) is 0. The molecule has 64 heavy (non-hydrogen) atoms. The molecule has 1 spiro atoms. The van der Waals surface area contributed by atoms with Crippen LogP contribution in [0.15, 0.2) is 217 Å². The molecule has 2 nitrogen and oxygen atoms in total. The van der Waals surface area contributed by atoms with Gasteiger partial charge in [0.1, 0.15) is 5.58 Å². The lowest BCUT2D eigenvalue weighted by Crippen LogP contribution is -2.26. The van der Waals surface area contributed by atoms with E-state index in [0.29, 0.717) is 0 Å². The van der Waals surface area contributed by atoms with Crippen molar-refractivity contribution in [3.63, 3.8) is 0 Å². The standard InChI is InChI=1S/C62H41NO/c1-61(2)52-24-12-8-20-44(52)48-30-28-41(36-56(48)61)63(59-43(38-16-4-3-5-17-38)32-33-50-51-34-39-18-6-7-19-40(39)35-58(51)64-60(50)59)42-29-31-49-47-23-11-15-27-55(47)62(57(49)37-42)53-25-13-9-21-45(53)46-22-10-14-26-54(46)62/h3-37H,1-2H3. The summed E-state index contributed by atoms with van der Waals surface area (Å²) in [6.45, 7) is 4.74. The molecule has 0 amide bonds. The summed E-state index contributed by atoms with van der Waals surface area (Å²) in [5, 5.41) is 4.57. The number of nitrogens with zero attached hydrogens (tertiary/aromatic N) is 1. The van der Waals surface area contributed by atoms with Gasteiger partial charge in [-0.15, -0.1) is 0 Å². The minimum Gasteiger partial charge on any atom is -0.454 e. The fraction of sp³-hybridized carbons (Fsp3) is 0.0645. The molecule has 14 rings (SSSR count). The second kappa shape index (κ2) is 12.8. The largest absolute Gasteiger partial charge is 0.454 e. The van der Waals surface area contributed by atoms with E-state index in [4.69, 9.17) is 4.42 Å². The molecule has 0 N–H and O–H groups in total. The van der Waals surface area contributed by atoms with Crippen molar-refractivity contribution >= 4 is 49.8 Å². The molecule has 1 aromatic heterocycles. The zero-order valence-corrected chi connectivity index (χ0v) is 35.6. The van der Waals surface area contributed by atoms with Gasteiger partial charge in [-0.25, -0.2) is 0 Å². The zero-order chi connectivity index (χ0) is 42.3. The van der Waals surface area contributed by atoms with Crippen molar-refractivity contribution in [2.24, 2.45) is 0 Å². The first-order chi connectivity index (χ1) is 31.5. The zero-order valence-electron chi connectivity index (χ0n) is 35.6. The number of anilines is 3. The summed E-state index contributed by atoms with van der Waals surface area (Å²) in [5.74, 6) is 0. The molecule has 0 bridgehead atoms. The smallest absolute Gasteiger partial charge is 0.160 e. The lowest BCUT2D eigenvalue weighted by atomic mass is 9.70. The Kier molecular flexibility index (Phi) is 7.13. The molecule has 0 saturated carbocycles. The number of hydrogen-bond donors (Lipinski definition) is 0. The highest BCUT2D eigenvalue weighted by Gasteiger charge is 2.51. The lowest BCUT2D eigenvalue weighted by molar-refractivity contribution is 0.660. The fourth-order valence-corrected chi connectivity index (χ4v) is 12.0. The predicted molar refractivity (Wildman–Crippen MR) is 265 cm³/mol. The molecular weight excluding hydrogens is 775 g/mol. The van der Waals surface area contributed by atoms with E-state index in [-0.39, 0.29) is 5.41 Å². The third-order valence-corrected chi connectivity index (χ3v) is 14.9. The van der Waals surface area contributed by atoms with Gasteiger partial charge in [0.05, 0.1) is 11.1 Å². The van der Waals surface area contributed by atoms with Crippen molar-refractivity contribution in [2.45, 2.75) is 24.7 Å². The van der Waals surface area contributed by atoms with E-state index < -0.39 is 5.41 Å². The van der Waals surface area contributed by atoms with Gasteiger partial charge < -0.3 is 9.32 Å². The highest BCUT2D eigenvalue weighted by Crippen LogP contribution is 2.64. The van der Waals surface area contributed by atoms with Crippen LogP contribution in [0.5, 0.6) is 0 Å². The lowest BCUT2D eigenvalue weighted by Gasteiger charge is -2.33. The Morgan fingerprint density at radius 2 is 0.828 bits per heavy atom. The molecule has 0 unspecified atom stereocenters. The third-order valence-electron chi connectivity index (χ3n) is 14.9. The molecule has 10 aromatic carbocycles. The van der Waals surface area contributed by atoms with E-state index in [2.05, 4.69) is 231 Å². The van der Waals surface area contributed by atoms with E-state index in [9.17, 15) is 0 Å². The van der Waals surface area contributed by atoms with Crippen molar-refractivity contribution in [3.8, 4) is 44.5 Å². The van der Waals surface area contributed by atoms with Crippen LogP contribution in [-0.4, -0.2) is 0 Å². The van der Waals surface area contributed by atoms with E-state index in [0.717, 1.165) is 55.5 Å². The minimum absolute atomic E-state index is 0.192. The summed E-state index contributed by atoms with van der Waals surface area (Å²) < 4.78 is 7.25. The summed E-state index contributed by atoms with van der Waals surface area (Å²) in [4.78, 5) is 2.51. The Morgan fingerprint density at radius 1 is 0.359 bits per heavy atom. The molecule has 0 aliphatic heterocycles. The first kappa shape index (κ1) is 35.6. The first-order valence-electron chi connectivity index (χ1n) is 22.4. The van der Waals surface area contributed by atoms with Crippen molar-refractivity contribution in [1.29, 1.82) is 0 Å². The van der Waals surface area contributed by atoms with Crippen molar-refractivity contribution in [1.82, 2.24) is 0 Å². The van der Waals surface area contributed by atoms with Crippen LogP contribution in [0.4, 0.5) is 17.1 Å². The van der Waals surface area contributed by atoms with Gasteiger partial charge in [0, 0.05) is 33.1 Å². The molecule has 0 fully saturated rings. The van der Waals surface area contributed by atoms with Crippen LogP contribution in [0.3, 0.4) is 0 Å². The average molecular weight is 816 g/mol. The van der Waals surface area contributed by atoms with Gasteiger partial charge in [0.2, 0.25) is 0 Å². The van der Waals surface area contributed by atoms with Crippen LogP contribution < -0.4 is 4.90 Å². The molecule has 0 atom stereocenters. The molecule has 3 aliphatic rings. The van der Waals surface area contributed by atoms with Crippen LogP contribution >= 0.6 is 0 Å². The number of benzene rings is 10. The van der Waals surface area contributed by atoms with Crippen molar-refractivity contribution in [2.75, 3.05) is 4.90 Å². The highest BCUT2D eigenvalue weighted by atomic mass is 16.3. The maximum atomic E-state index is 7.25. The van der Waals surface area contributed by atoms with Crippen LogP contribution in [0.1, 0.15) is 47.2 Å². The topological polar surface area (TPSA) is 16.4 Å². The fourth-order valence-electron chi connectivity index (χ4n) is 12.0. The SMILES string of the molecule is CC1(C)c2ccccc2-c2ccc(N(c3ccc4c(c3)C3(c5ccccc5-c5ccccc53)c3ccccc3-4)c3c(-c4ccccc4)ccc4c3oc3cc5ccccc5cc34)cc21. The van der Waals surface area contributed by atoms with Gasteiger partial charge in [0.15, 0.2) is 5.58 Å². The summed E-state index contributed by atoms with van der Waals surface area (Å²) in [6, 6.07) is 79.0. The van der Waals surface area contributed by atoms with E-state index >= 15 is 0 Å². The van der Waals surface area contributed by atoms with Gasteiger partial charge in [-0.3, -0.25) is 0 Å². The van der Waals surface area contributed by atoms with Crippen LogP contribution in [0.25, 0.3) is 77.2 Å². The van der Waals surface area contributed by atoms with Crippen molar-refractivity contribution in [3.05, 3.63) is 246 Å². The van der Waals surface area contributed by atoms with Crippen molar-refractivity contribution < 1.29 is 4.42 Å². The molecule has 0 saturated heterocycles. The summed E-state index contributed by atoms with van der Waals surface area (Å²) in [5.41, 5.74) is 22.2. The molecule has 300 valence electrons. The van der Waals surface area contributed by atoms with Crippen LogP contribution in [0.2, 0.25) is 0 Å². The van der Waals surface area contributed by atoms with Gasteiger partial charge >= 0.3 is 0 Å². The first-order valence-corrected chi connectivity index (χ1v) is 22.4. The molecule has 11 aromatic rings. The third kappa shape index (κ3) is 4.59. The Balaban J connectivity index is 1.11. The molecule has 0 radical (unpaired) electrons. The van der Waals surface area contributed by atoms with Gasteiger partial charge in [-0.2, -0.15) is 0 Å². The Hall–Kier alpha value is -7.94. The molecule has 2 heteroatoms. The number of fused-ring (bicyclic) bond motifs is 17. The predicted octanol–water partition coefficient (Wildman–Crippen LogP) is 16.5. The van der Waals surface area contributed by atoms with Crippen LogP contribution in [-0.2, 0) is 10.8 Å². The second-order valence-corrected chi connectivity index (χ2v) is 18.4. The quantitative estimate of drug-likeness (QED) is 0.176. The summed E-state index contributed by atoms with van der Waals surface area (Å²) >= 11 is 0.